The average Bonchev–Trinajstić information content (AvgIpc) is 3.26. The van der Waals surface area contributed by atoms with Gasteiger partial charge in [0.05, 0.1) is 17.1 Å². The van der Waals surface area contributed by atoms with Crippen LogP contribution in [0, 0.1) is 11.6 Å². The Labute approximate surface area is 193 Å². The van der Waals surface area contributed by atoms with Crippen LogP contribution >= 0.6 is 0 Å². The van der Waals surface area contributed by atoms with Gasteiger partial charge in [-0.05, 0) is 31.9 Å². The summed E-state index contributed by atoms with van der Waals surface area (Å²) in [6, 6.07) is 2.13. The largest absolute Gasteiger partial charge is 0.418 e. The van der Waals surface area contributed by atoms with Crippen LogP contribution in [0.15, 0.2) is 24.4 Å². The minimum atomic E-state index is -4.67. The molecule has 0 spiro atoms. The molecule has 2 atom stereocenters. The molecule has 3 aromatic heterocycles. The maximum Gasteiger partial charge on any atom is 0.418 e. The lowest BCUT2D eigenvalue weighted by Crippen LogP contribution is -2.45. The van der Waals surface area contributed by atoms with Crippen molar-refractivity contribution >= 4 is 28.4 Å². The molecule has 1 amide bonds. The molecular formula is C21H17F5N8O. The summed E-state index contributed by atoms with van der Waals surface area (Å²) in [6.07, 6.45) is -3.05. The Balaban J connectivity index is 1.50. The molecule has 1 aliphatic rings. The molecule has 2 N–H and O–H groups in total. The van der Waals surface area contributed by atoms with Crippen molar-refractivity contribution in [1.82, 2.24) is 34.7 Å². The van der Waals surface area contributed by atoms with Gasteiger partial charge in [0.15, 0.2) is 23.0 Å². The van der Waals surface area contributed by atoms with Crippen molar-refractivity contribution < 1.29 is 26.7 Å². The molecule has 1 fully saturated rings. The first-order valence-electron chi connectivity index (χ1n) is 10.5. The molecular weight excluding hydrogens is 475 g/mol. The van der Waals surface area contributed by atoms with Crippen molar-refractivity contribution in [2.24, 2.45) is 0 Å². The van der Waals surface area contributed by atoms with E-state index in [1.54, 1.807) is 6.92 Å². The zero-order valence-corrected chi connectivity index (χ0v) is 18.1. The molecule has 1 aliphatic heterocycles. The maximum absolute atomic E-state index is 14.2. The summed E-state index contributed by atoms with van der Waals surface area (Å²) >= 11 is 0. The normalized spacial score (nSPS) is 19.0. The van der Waals surface area contributed by atoms with Crippen molar-refractivity contribution in [3.05, 3.63) is 53.1 Å². The Morgan fingerprint density at radius 3 is 2.66 bits per heavy atom. The Morgan fingerprint density at radius 1 is 1.14 bits per heavy atom. The fraction of sp³-hybridized carbons (Fsp3) is 0.333. The van der Waals surface area contributed by atoms with E-state index in [-0.39, 0.29) is 40.9 Å². The molecule has 0 bridgehead atoms. The van der Waals surface area contributed by atoms with Crippen LogP contribution in [-0.2, 0) is 6.18 Å². The van der Waals surface area contributed by atoms with Crippen LogP contribution in [-0.4, -0.2) is 53.2 Å². The van der Waals surface area contributed by atoms with E-state index >= 15 is 0 Å². The van der Waals surface area contributed by atoms with Crippen molar-refractivity contribution in [3.8, 4) is 0 Å². The van der Waals surface area contributed by atoms with E-state index < -0.39 is 40.9 Å². The number of nitrogens with zero attached hydrogens (tertiary/aromatic N) is 7. The topological polar surface area (TPSA) is 115 Å². The highest BCUT2D eigenvalue weighted by atomic mass is 19.4. The molecule has 1 aromatic carbocycles. The SMILES string of the molecule is C[C@H]1CC[C@@H](c2nc3c4cc(F)cc(F)c4nc(N)n3n2)CN1C(=O)c1cc(C(F)(F)F)cnn1. The molecule has 182 valence electrons. The summed E-state index contributed by atoms with van der Waals surface area (Å²) in [6.45, 7) is 1.86. The highest BCUT2D eigenvalue weighted by molar-refractivity contribution is 5.93. The number of nitrogens with two attached hydrogens (primary N) is 1. The quantitative estimate of drug-likeness (QED) is 0.427. The number of benzene rings is 1. The van der Waals surface area contributed by atoms with Crippen LogP contribution in [0.1, 0.15) is 47.6 Å². The number of anilines is 1. The van der Waals surface area contributed by atoms with Crippen LogP contribution in [0.2, 0.25) is 0 Å². The summed E-state index contributed by atoms with van der Waals surface area (Å²) in [7, 11) is 0. The fourth-order valence-electron chi connectivity index (χ4n) is 4.22. The first kappa shape index (κ1) is 22.8. The van der Waals surface area contributed by atoms with Gasteiger partial charge in [-0.1, -0.05) is 0 Å². The number of halogens is 5. The second-order valence-electron chi connectivity index (χ2n) is 8.37. The zero-order valence-electron chi connectivity index (χ0n) is 18.1. The number of alkyl halides is 3. The number of amides is 1. The summed E-state index contributed by atoms with van der Waals surface area (Å²) in [5.41, 5.74) is 4.35. The predicted octanol–water partition coefficient (Wildman–Crippen LogP) is 3.36. The summed E-state index contributed by atoms with van der Waals surface area (Å²) in [5, 5.41) is 11.3. The highest BCUT2D eigenvalue weighted by Gasteiger charge is 2.36. The van der Waals surface area contributed by atoms with Gasteiger partial charge in [-0.2, -0.15) is 22.8 Å². The molecule has 0 radical (unpaired) electrons. The maximum atomic E-state index is 14.2. The van der Waals surface area contributed by atoms with E-state index in [2.05, 4.69) is 25.3 Å². The number of hydrogen-bond acceptors (Lipinski definition) is 7. The lowest BCUT2D eigenvalue weighted by molar-refractivity contribution is -0.137. The Kier molecular flexibility index (Phi) is 5.25. The van der Waals surface area contributed by atoms with Crippen molar-refractivity contribution in [2.45, 2.75) is 37.9 Å². The number of piperidine rings is 1. The summed E-state index contributed by atoms with van der Waals surface area (Å²) < 4.78 is 68.4. The second kappa shape index (κ2) is 8.06. The monoisotopic (exact) mass is 492 g/mol. The molecule has 0 saturated carbocycles. The molecule has 35 heavy (non-hydrogen) atoms. The van der Waals surface area contributed by atoms with E-state index in [4.69, 9.17) is 5.73 Å². The molecule has 5 rings (SSSR count). The fourth-order valence-corrected chi connectivity index (χ4v) is 4.22. The van der Waals surface area contributed by atoms with Crippen molar-refractivity contribution in [1.29, 1.82) is 0 Å². The Hall–Kier alpha value is -3.97. The first-order valence-corrected chi connectivity index (χ1v) is 10.5. The molecule has 4 heterocycles. The minimum absolute atomic E-state index is 0.0757. The summed E-state index contributed by atoms with van der Waals surface area (Å²) in [5.74, 6) is -2.74. The van der Waals surface area contributed by atoms with E-state index in [0.717, 1.165) is 6.07 Å². The Bertz CT molecular complexity index is 1470. The van der Waals surface area contributed by atoms with E-state index in [1.165, 1.54) is 9.42 Å². The van der Waals surface area contributed by atoms with Gasteiger partial charge in [0, 0.05) is 24.6 Å². The lowest BCUT2D eigenvalue weighted by Gasteiger charge is -2.36. The van der Waals surface area contributed by atoms with Gasteiger partial charge in [-0.25, -0.2) is 18.7 Å². The average molecular weight is 492 g/mol. The third-order valence-electron chi connectivity index (χ3n) is 6.04. The highest BCUT2D eigenvalue weighted by Crippen LogP contribution is 2.32. The zero-order chi connectivity index (χ0) is 25.1. The predicted molar refractivity (Wildman–Crippen MR) is 112 cm³/mol. The van der Waals surface area contributed by atoms with Crippen molar-refractivity contribution in [2.75, 3.05) is 12.3 Å². The van der Waals surface area contributed by atoms with Crippen LogP contribution in [0.3, 0.4) is 0 Å². The van der Waals surface area contributed by atoms with Crippen LogP contribution in [0.4, 0.5) is 27.9 Å². The number of carbonyl (C=O) groups excluding carboxylic acids is 1. The molecule has 1 saturated heterocycles. The minimum Gasteiger partial charge on any atom is -0.368 e. The van der Waals surface area contributed by atoms with Crippen LogP contribution < -0.4 is 5.73 Å². The van der Waals surface area contributed by atoms with Gasteiger partial charge < -0.3 is 10.6 Å². The molecule has 0 aliphatic carbocycles. The van der Waals surface area contributed by atoms with Gasteiger partial charge in [0.25, 0.3) is 5.91 Å². The number of rotatable bonds is 2. The molecule has 9 nitrogen and oxygen atoms in total. The number of fused-ring (bicyclic) bond motifs is 3. The second-order valence-corrected chi connectivity index (χ2v) is 8.37. The first-order chi connectivity index (χ1) is 16.5. The number of hydrogen-bond donors (Lipinski definition) is 1. The third-order valence-corrected chi connectivity index (χ3v) is 6.04. The number of aromatic nitrogens is 6. The van der Waals surface area contributed by atoms with Crippen molar-refractivity contribution in [3.63, 3.8) is 0 Å². The van der Waals surface area contributed by atoms with Crippen LogP contribution in [0.5, 0.6) is 0 Å². The van der Waals surface area contributed by atoms with Gasteiger partial charge in [-0.15, -0.1) is 10.2 Å². The third kappa shape index (κ3) is 3.98. The van der Waals surface area contributed by atoms with Gasteiger partial charge in [0.2, 0.25) is 5.95 Å². The van der Waals surface area contributed by atoms with Gasteiger partial charge in [0.1, 0.15) is 11.3 Å². The lowest BCUT2D eigenvalue weighted by atomic mass is 9.92. The van der Waals surface area contributed by atoms with E-state index in [1.807, 2.05) is 0 Å². The molecule has 14 heteroatoms. The van der Waals surface area contributed by atoms with Gasteiger partial charge >= 0.3 is 6.18 Å². The number of nitrogen functional groups attached to an aromatic ring is 1. The number of likely N-dealkylation sites (tertiary alicyclic amines) is 1. The summed E-state index contributed by atoms with van der Waals surface area (Å²) in [4.78, 5) is 22.8. The smallest absolute Gasteiger partial charge is 0.368 e. The van der Waals surface area contributed by atoms with E-state index in [9.17, 15) is 26.7 Å². The Morgan fingerprint density at radius 2 is 1.91 bits per heavy atom. The van der Waals surface area contributed by atoms with Crippen LogP contribution in [0.25, 0.3) is 16.6 Å². The molecule has 0 unspecified atom stereocenters. The van der Waals surface area contributed by atoms with E-state index in [0.29, 0.717) is 31.2 Å². The van der Waals surface area contributed by atoms with Gasteiger partial charge in [-0.3, -0.25) is 4.79 Å². The molecule has 4 aromatic rings. The number of carbonyl (C=O) groups is 1. The standard InChI is InChI=1S/C21H17F5N8O/c1-9-2-3-10(8-33(9)19(35)15-4-11(7-28-31-15)21(24,25)26)17-30-18-13-5-12(22)6-14(23)16(13)29-20(27)34(18)32-17/h4-7,9-10H,2-3,8H2,1H3,(H2,27,29)/t9-,10+/m0/s1.